The highest BCUT2D eigenvalue weighted by atomic mass is 16.4. The van der Waals surface area contributed by atoms with Gasteiger partial charge in [0, 0.05) is 54.4 Å². The number of carbonyl (C=O) groups excluding carboxylic acids is 2. The number of aliphatic imine (C=N–C) groups is 1. The summed E-state index contributed by atoms with van der Waals surface area (Å²) in [6.07, 6.45) is 6.47. The van der Waals surface area contributed by atoms with Crippen LogP contribution in [0.1, 0.15) is 88.7 Å². The summed E-state index contributed by atoms with van der Waals surface area (Å²) in [6, 6.07) is -0.308. The van der Waals surface area contributed by atoms with Crippen LogP contribution >= 0.6 is 0 Å². The third kappa shape index (κ3) is 6.48. The zero-order chi connectivity index (χ0) is 30.7. The number of nitrogens with one attached hydrogen (secondary N) is 3. The fourth-order valence-corrected chi connectivity index (χ4v) is 6.15. The Balaban J connectivity index is 1.73. The predicted molar refractivity (Wildman–Crippen MR) is 160 cm³/mol. The van der Waals surface area contributed by atoms with Crippen molar-refractivity contribution in [2.24, 2.45) is 4.99 Å². The quantitative estimate of drug-likeness (QED) is 0.235. The van der Waals surface area contributed by atoms with Gasteiger partial charge in [-0.1, -0.05) is 13.8 Å². The summed E-state index contributed by atoms with van der Waals surface area (Å²) in [5, 5.41) is 24.9. The van der Waals surface area contributed by atoms with Crippen LogP contribution in [0.5, 0.6) is 0 Å². The highest BCUT2D eigenvalue weighted by Gasteiger charge is 2.31. The summed E-state index contributed by atoms with van der Waals surface area (Å²) >= 11 is 0. The van der Waals surface area contributed by atoms with E-state index < -0.39 is 11.9 Å². The number of hydrogen-bond acceptors (Lipinski definition) is 5. The van der Waals surface area contributed by atoms with Gasteiger partial charge < -0.3 is 25.8 Å². The van der Waals surface area contributed by atoms with Gasteiger partial charge in [0.05, 0.1) is 17.8 Å². The summed E-state index contributed by atoms with van der Waals surface area (Å²) in [4.78, 5) is 55.9. The molecule has 1 aromatic rings. The molecule has 0 spiro atoms. The first kappa shape index (κ1) is 30.7. The predicted octanol–water partition coefficient (Wildman–Crippen LogP) is 4.31. The molecule has 42 heavy (non-hydrogen) atoms. The van der Waals surface area contributed by atoms with Gasteiger partial charge in [0.2, 0.25) is 11.8 Å². The van der Waals surface area contributed by atoms with E-state index in [1.807, 2.05) is 40.7 Å². The number of nitrogens with zero attached hydrogens (tertiary/aromatic N) is 1. The highest BCUT2D eigenvalue weighted by Crippen LogP contribution is 2.35. The van der Waals surface area contributed by atoms with E-state index in [4.69, 9.17) is 4.99 Å². The lowest BCUT2D eigenvalue weighted by atomic mass is 9.95. The summed E-state index contributed by atoms with van der Waals surface area (Å²) < 4.78 is 0. The molecule has 0 bridgehead atoms. The van der Waals surface area contributed by atoms with Gasteiger partial charge in [-0.05, 0) is 85.9 Å². The zero-order valence-electron chi connectivity index (χ0n) is 24.9. The van der Waals surface area contributed by atoms with E-state index in [0.717, 1.165) is 62.5 Å². The molecule has 0 aliphatic carbocycles. The van der Waals surface area contributed by atoms with E-state index in [1.54, 1.807) is 6.08 Å². The molecule has 2 amide bonds. The monoisotopic (exact) mass is 576 g/mol. The number of amides is 2. The van der Waals surface area contributed by atoms with Crippen molar-refractivity contribution in [3.05, 3.63) is 62.2 Å². The van der Waals surface area contributed by atoms with Crippen LogP contribution in [0.4, 0.5) is 0 Å². The molecule has 3 aliphatic rings. The number of rotatable bonds is 13. The molecule has 10 nitrogen and oxygen atoms in total. The molecule has 0 saturated carbocycles. The van der Waals surface area contributed by atoms with E-state index in [2.05, 4.69) is 15.6 Å². The molecular weight excluding hydrogens is 536 g/mol. The summed E-state index contributed by atoms with van der Waals surface area (Å²) in [5.41, 5.74) is 9.42. The van der Waals surface area contributed by atoms with Gasteiger partial charge >= 0.3 is 11.9 Å². The van der Waals surface area contributed by atoms with Gasteiger partial charge in [-0.3, -0.25) is 24.2 Å². The minimum absolute atomic E-state index is 0.0450. The number of aromatic amines is 1. The molecule has 0 aromatic carbocycles. The van der Waals surface area contributed by atoms with E-state index in [1.165, 1.54) is 0 Å². The first-order valence-corrected chi connectivity index (χ1v) is 14.6. The first-order valence-electron chi connectivity index (χ1n) is 14.6. The third-order valence-corrected chi connectivity index (χ3v) is 8.65. The van der Waals surface area contributed by atoms with Crippen LogP contribution in [0.3, 0.4) is 0 Å². The highest BCUT2D eigenvalue weighted by molar-refractivity contribution is 6.07. The molecule has 4 heterocycles. The van der Waals surface area contributed by atoms with Crippen LogP contribution in [0.2, 0.25) is 0 Å². The Kier molecular flexibility index (Phi) is 9.33. The topological polar surface area (TPSA) is 161 Å². The number of H-pyrrole nitrogens is 1. The van der Waals surface area contributed by atoms with Crippen molar-refractivity contribution in [2.75, 3.05) is 0 Å². The van der Waals surface area contributed by atoms with Crippen LogP contribution in [0.25, 0.3) is 6.08 Å². The van der Waals surface area contributed by atoms with Gasteiger partial charge in [-0.2, -0.15) is 0 Å². The molecule has 3 aliphatic heterocycles. The van der Waals surface area contributed by atoms with Crippen LogP contribution in [0.15, 0.2) is 44.6 Å². The lowest BCUT2D eigenvalue weighted by Gasteiger charge is -2.14. The maximum Gasteiger partial charge on any atom is 0.303 e. The molecule has 224 valence electrons. The van der Waals surface area contributed by atoms with Crippen molar-refractivity contribution in [2.45, 2.75) is 98.1 Å². The van der Waals surface area contributed by atoms with Gasteiger partial charge in [0.1, 0.15) is 0 Å². The van der Waals surface area contributed by atoms with Crippen LogP contribution in [-0.4, -0.2) is 56.7 Å². The Morgan fingerprint density at radius 2 is 1.62 bits per heavy atom. The number of aliphatic carboxylic acids is 2. The maximum absolute atomic E-state index is 12.4. The van der Waals surface area contributed by atoms with Crippen LogP contribution in [-0.2, 0) is 32.0 Å². The number of carboxylic acids is 2. The molecule has 0 radical (unpaired) electrons. The second kappa shape index (κ2) is 12.8. The molecular formula is C32H40N4O6. The fraction of sp³-hybridized carbons (Fsp3) is 0.469. The lowest BCUT2D eigenvalue weighted by molar-refractivity contribution is -0.138. The Labute approximate surface area is 245 Å². The van der Waals surface area contributed by atoms with Gasteiger partial charge in [-0.25, -0.2) is 0 Å². The van der Waals surface area contributed by atoms with Crippen molar-refractivity contribution < 1.29 is 29.4 Å². The molecule has 2 unspecified atom stereocenters. The molecule has 0 saturated heterocycles. The van der Waals surface area contributed by atoms with Crippen molar-refractivity contribution in [1.29, 1.82) is 0 Å². The minimum Gasteiger partial charge on any atom is -0.481 e. The molecule has 1 aromatic heterocycles. The van der Waals surface area contributed by atoms with E-state index in [-0.39, 0.29) is 36.7 Å². The van der Waals surface area contributed by atoms with Gasteiger partial charge in [0.25, 0.3) is 0 Å². The van der Waals surface area contributed by atoms with Crippen LogP contribution in [0, 0.1) is 6.92 Å². The molecule has 10 heteroatoms. The van der Waals surface area contributed by atoms with E-state index in [0.29, 0.717) is 37.8 Å². The number of allylic oxidation sites excluding steroid dienone is 2. The Hall–Kier alpha value is -4.21. The first-order chi connectivity index (χ1) is 19.9. The Morgan fingerprint density at radius 1 is 0.929 bits per heavy atom. The second-order valence-corrected chi connectivity index (χ2v) is 11.2. The van der Waals surface area contributed by atoms with E-state index in [9.17, 15) is 29.4 Å². The third-order valence-electron chi connectivity index (χ3n) is 8.65. The normalized spacial score (nSPS) is 21.3. The largest absolute Gasteiger partial charge is 0.481 e. The molecule has 0 fully saturated rings. The molecule has 5 N–H and O–H groups in total. The van der Waals surface area contributed by atoms with Crippen molar-refractivity contribution in [3.63, 3.8) is 0 Å². The number of carboxylic acid groups (broad SMARTS) is 2. The van der Waals surface area contributed by atoms with E-state index >= 15 is 0 Å². The lowest BCUT2D eigenvalue weighted by Crippen LogP contribution is -2.30. The second-order valence-electron chi connectivity index (χ2n) is 11.2. The number of aromatic nitrogens is 1. The van der Waals surface area contributed by atoms with Gasteiger partial charge in [-0.15, -0.1) is 0 Å². The average Bonchev–Trinajstić information content (AvgIpc) is 3.60. The summed E-state index contributed by atoms with van der Waals surface area (Å²) in [7, 11) is 0. The standard InChI is InChI=1S/C32H40N4O6/c1-6-19-12-29(37)35-26(19)14-24-18(5)22(9-11-31(40)41)28(34-24)15-27-21(8-10-30(38)39)17(4)23(33-27)13-25-16(3)20(7-2)32(42)36-25/h12,15,25-26,34H,6-11,13-14H2,1-5H3,(H,35,37)(H,36,42)(H,38,39)(H,40,41). The average molecular weight is 577 g/mol. The Morgan fingerprint density at radius 3 is 2.24 bits per heavy atom. The van der Waals surface area contributed by atoms with Crippen molar-refractivity contribution >= 4 is 35.5 Å². The van der Waals surface area contributed by atoms with Crippen molar-refractivity contribution in [1.82, 2.24) is 15.6 Å². The van der Waals surface area contributed by atoms with Crippen LogP contribution < -0.4 is 10.6 Å². The van der Waals surface area contributed by atoms with Gasteiger partial charge in [0.15, 0.2) is 0 Å². The Bertz CT molecular complexity index is 1490. The SMILES string of the molecule is CCC1=CC(=O)NC1Cc1[nH]c(C=C2N=C(CC3NC(=O)C(CC)=C3C)C(C)=C2CCC(=O)O)c(CCC(=O)O)c1C. The molecule has 4 rings (SSSR count). The number of carbonyl (C=O) groups is 4. The smallest absolute Gasteiger partial charge is 0.303 e. The fourth-order valence-electron chi connectivity index (χ4n) is 6.15. The van der Waals surface area contributed by atoms with Crippen molar-refractivity contribution in [3.8, 4) is 0 Å². The molecule has 2 atom stereocenters. The number of hydrogen-bond donors (Lipinski definition) is 5. The summed E-state index contributed by atoms with van der Waals surface area (Å²) in [5.74, 6) is -1.97. The summed E-state index contributed by atoms with van der Waals surface area (Å²) in [6.45, 7) is 9.82. The minimum atomic E-state index is -0.906. The zero-order valence-corrected chi connectivity index (χ0v) is 24.9. The maximum atomic E-state index is 12.4.